The predicted molar refractivity (Wildman–Crippen MR) is 149 cm³/mol. The number of rotatable bonds is 6. The van der Waals surface area contributed by atoms with Gasteiger partial charge in [-0.25, -0.2) is 9.98 Å². The first kappa shape index (κ1) is 24.5. The smallest absolute Gasteiger partial charge is 0.262 e. The van der Waals surface area contributed by atoms with Crippen LogP contribution < -0.4 is 15.6 Å². The van der Waals surface area contributed by atoms with E-state index in [-0.39, 0.29) is 11.5 Å². The maximum absolute atomic E-state index is 13.6. The Labute approximate surface area is 219 Å². The highest BCUT2D eigenvalue weighted by molar-refractivity contribution is 7.16. The minimum absolute atomic E-state index is 0.229. The van der Waals surface area contributed by atoms with Gasteiger partial charge < -0.3 is 9.15 Å². The fourth-order valence-electron chi connectivity index (χ4n) is 4.04. The van der Waals surface area contributed by atoms with Gasteiger partial charge >= 0.3 is 0 Å². The quantitative estimate of drug-likeness (QED) is 0.262. The highest BCUT2D eigenvalue weighted by Crippen LogP contribution is 2.32. The highest BCUT2D eigenvalue weighted by Gasteiger charge is 2.18. The van der Waals surface area contributed by atoms with Gasteiger partial charge in [0.15, 0.2) is 5.13 Å². The lowest BCUT2D eigenvalue weighted by Crippen LogP contribution is -2.21. The fourth-order valence-corrected chi connectivity index (χ4v) is 4.96. The van der Waals surface area contributed by atoms with Crippen LogP contribution in [0.25, 0.3) is 22.2 Å². The Morgan fingerprint density at radius 1 is 1.03 bits per heavy atom. The van der Waals surface area contributed by atoms with E-state index in [9.17, 15) is 4.79 Å². The lowest BCUT2D eigenvalue weighted by molar-refractivity contribution is 0.102. The van der Waals surface area contributed by atoms with E-state index in [2.05, 4.69) is 48.4 Å². The minimum Gasteiger partial charge on any atom is -0.497 e. The lowest BCUT2D eigenvalue weighted by atomic mass is 10.1. The van der Waals surface area contributed by atoms with E-state index in [1.807, 2.05) is 49.4 Å². The maximum atomic E-state index is 13.6. The topological polar surface area (TPSA) is 76.7 Å². The summed E-state index contributed by atoms with van der Waals surface area (Å²) in [5.41, 5.74) is 6.02. The number of nitrogens with one attached hydrogen (secondary N) is 1. The molecule has 5 aromatic rings. The van der Waals surface area contributed by atoms with E-state index >= 15 is 0 Å². The standard InChI is InChI=1S/C30H27N3O3S/c1-5-26-27(20-11-9-18(2)10-12-20)32-30(37-26)33-28(34)24-17-21-16-23(35-4)13-14-25(21)36-29(24)31-22-8-6-7-19(3)15-22/h6-17H,5H2,1-4H3,(H,32,33,34). The number of ether oxygens (including phenoxy) is 1. The first-order valence-corrected chi connectivity index (χ1v) is 12.9. The molecule has 2 heterocycles. The number of anilines is 1. The van der Waals surface area contributed by atoms with E-state index < -0.39 is 0 Å². The third kappa shape index (κ3) is 5.32. The second-order valence-corrected chi connectivity index (χ2v) is 9.87. The summed E-state index contributed by atoms with van der Waals surface area (Å²) in [5, 5.41) is 4.25. The van der Waals surface area contributed by atoms with Crippen LogP contribution in [0.2, 0.25) is 0 Å². The van der Waals surface area contributed by atoms with E-state index in [4.69, 9.17) is 14.1 Å². The number of aryl methyl sites for hydroxylation is 3. The van der Waals surface area contributed by atoms with Crippen molar-refractivity contribution in [1.29, 1.82) is 0 Å². The van der Waals surface area contributed by atoms with Crippen molar-refractivity contribution in [2.45, 2.75) is 27.2 Å². The van der Waals surface area contributed by atoms with Gasteiger partial charge in [0.25, 0.3) is 5.91 Å². The average Bonchev–Trinajstić information content (AvgIpc) is 3.31. The maximum Gasteiger partial charge on any atom is 0.262 e. The van der Waals surface area contributed by atoms with Gasteiger partial charge in [-0.2, -0.15) is 0 Å². The molecule has 0 spiro atoms. The zero-order valence-electron chi connectivity index (χ0n) is 21.2. The molecule has 0 aliphatic carbocycles. The predicted octanol–water partition coefficient (Wildman–Crippen LogP) is 7.23. The molecule has 2 aromatic heterocycles. The molecule has 0 aliphatic heterocycles. The first-order valence-electron chi connectivity index (χ1n) is 12.0. The second kappa shape index (κ2) is 10.4. The number of hydrogen-bond acceptors (Lipinski definition) is 6. The van der Waals surface area contributed by atoms with Crippen molar-refractivity contribution < 1.29 is 13.9 Å². The van der Waals surface area contributed by atoms with Crippen molar-refractivity contribution in [3.8, 4) is 17.0 Å². The summed E-state index contributed by atoms with van der Waals surface area (Å²) in [6.45, 7) is 6.14. The molecule has 0 aliphatic rings. The summed E-state index contributed by atoms with van der Waals surface area (Å²) in [6.07, 6.45) is 0.815. The zero-order chi connectivity index (χ0) is 25.9. The van der Waals surface area contributed by atoms with Crippen molar-refractivity contribution in [1.82, 2.24) is 4.98 Å². The molecule has 0 saturated carbocycles. The molecule has 0 fully saturated rings. The molecule has 0 unspecified atom stereocenters. The monoisotopic (exact) mass is 509 g/mol. The highest BCUT2D eigenvalue weighted by atomic mass is 32.1. The molecular weight excluding hydrogens is 482 g/mol. The van der Waals surface area contributed by atoms with Crippen LogP contribution >= 0.6 is 11.3 Å². The summed E-state index contributed by atoms with van der Waals surface area (Å²) in [7, 11) is 1.60. The summed E-state index contributed by atoms with van der Waals surface area (Å²) in [6, 6.07) is 23.2. The Balaban J connectivity index is 1.57. The number of methoxy groups -OCH3 is 1. The van der Waals surface area contributed by atoms with Gasteiger partial charge in [0.2, 0.25) is 5.55 Å². The Kier molecular flexibility index (Phi) is 6.88. The first-order chi connectivity index (χ1) is 17.9. The largest absolute Gasteiger partial charge is 0.497 e. The zero-order valence-corrected chi connectivity index (χ0v) is 22.0. The Morgan fingerprint density at radius 2 is 1.84 bits per heavy atom. The van der Waals surface area contributed by atoms with Gasteiger partial charge in [-0.1, -0.05) is 48.9 Å². The van der Waals surface area contributed by atoms with Crippen LogP contribution in [0.1, 0.15) is 33.3 Å². The minimum atomic E-state index is -0.341. The van der Waals surface area contributed by atoms with Gasteiger partial charge in [0, 0.05) is 15.8 Å². The van der Waals surface area contributed by atoms with Crippen LogP contribution in [-0.4, -0.2) is 18.0 Å². The summed E-state index contributed by atoms with van der Waals surface area (Å²) >= 11 is 1.48. The van der Waals surface area contributed by atoms with E-state index in [0.717, 1.165) is 33.5 Å². The summed E-state index contributed by atoms with van der Waals surface area (Å²) in [5.74, 6) is 0.333. The van der Waals surface area contributed by atoms with Crippen LogP contribution in [0.15, 0.2) is 82.2 Å². The molecule has 1 amide bonds. The van der Waals surface area contributed by atoms with E-state index in [1.165, 1.54) is 16.9 Å². The number of nitrogens with zero attached hydrogens (tertiary/aromatic N) is 2. The molecular formula is C30H27N3O3S. The molecule has 6 nitrogen and oxygen atoms in total. The number of aromatic nitrogens is 1. The Morgan fingerprint density at radius 3 is 2.57 bits per heavy atom. The lowest BCUT2D eigenvalue weighted by Gasteiger charge is -2.07. The van der Waals surface area contributed by atoms with Crippen LogP contribution in [0.3, 0.4) is 0 Å². The normalized spacial score (nSPS) is 11.6. The Bertz CT molecular complexity index is 1670. The van der Waals surface area contributed by atoms with E-state index in [0.29, 0.717) is 27.7 Å². The molecule has 0 radical (unpaired) electrons. The van der Waals surface area contributed by atoms with Gasteiger partial charge in [-0.3, -0.25) is 10.1 Å². The third-order valence-corrected chi connectivity index (χ3v) is 7.11. The van der Waals surface area contributed by atoms with Gasteiger partial charge in [0.05, 0.1) is 18.5 Å². The van der Waals surface area contributed by atoms with Crippen LogP contribution in [0.4, 0.5) is 10.8 Å². The third-order valence-electron chi connectivity index (χ3n) is 5.99. The van der Waals surface area contributed by atoms with Crippen molar-refractivity contribution in [2.24, 2.45) is 4.99 Å². The fraction of sp³-hybridized carbons (Fsp3) is 0.167. The van der Waals surface area contributed by atoms with Crippen molar-refractivity contribution in [2.75, 3.05) is 12.4 Å². The number of amides is 1. The van der Waals surface area contributed by atoms with Crippen molar-refractivity contribution in [3.63, 3.8) is 0 Å². The van der Waals surface area contributed by atoms with E-state index in [1.54, 1.807) is 13.2 Å². The van der Waals surface area contributed by atoms with Crippen LogP contribution in [0, 0.1) is 13.8 Å². The number of fused-ring (bicyclic) bond motifs is 1. The number of benzene rings is 3. The molecule has 0 atom stereocenters. The van der Waals surface area contributed by atoms with Crippen LogP contribution in [-0.2, 0) is 6.42 Å². The number of thiazole rings is 1. The number of carbonyl (C=O) groups excluding carboxylic acids is 1. The van der Waals surface area contributed by atoms with Crippen molar-refractivity contribution in [3.05, 3.63) is 99.9 Å². The molecule has 37 heavy (non-hydrogen) atoms. The van der Waals surface area contributed by atoms with Gasteiger partial charge in [-0.05, 0) is 62.2 Å². The SMILES string of the molecule is CCc1sc(NC(=O)c2cc3cc(OC)ccc3oc2=Nc2cccc(C)c2)nc1-c1ccc(C)cc1. The molecule has 5 rings (SSSR count). The Hall–Kier alpha value is -4.23. The average molecular weight is 510 g/mol. The second-order valence-electron chi connectivity index (χ2n) is 8.78. The molecule has 0 saturated heterocycles. The molecule has 186 valence electrons. The molecule has 3 aromatic carbocycles. The van der Waals surface area contributed by atoms with Crippen LogP contribution in [0.5, 0.6) is 5.75 Å². The molecule has 0 bridgehead atoms. The number of carbonyl (C=O) groups is 1. The van der Waals surface area contributed by atoms with Gasteiger partial charge in [0.1, 0.15) is 16.9 Å². The number of hydrogen-bond donors (Lipinski definition) is 1. The molecule has 7 heteroatoms. The molecule has 1 N–H and O–H groups in total. The van der Waals surface area contributed by atoms with Crippen molar-refractivity contribution >= 4 is 39.0 Å². The summed E-state index contributed by atoms with van der Waals surface area (Å²) in [4.78, 5) is 24.1. The summed E-state index contributed by atoms with van der Waals surface area (Å²) < 4.78 is 11.5. The van der Waals surface area contributed by atoms with Gasteiger partial charge in [-0.15, -0.1) is 11.3 Å².